The summed E-state index contributed by atoms with van der Waals surface area (Å²) in [6.07, 6.45) is 5.28. The third-order valence-electron chi connectivity index (χ3n) is 6.40. The van der Waals surface area contributed by atoms with Crippen molar-refractivity contribution in [3.63, 3.8) is 0 Å². The van der Waals surface area contributed by atoms with Gasteiger partial charge < -0.3 is 20.6 Å². The van der Waals surface area contributed by atoms with E-state index >= 15 is 0 Å². The Morgan fingerprint density at radius 3 is 2.65 bits per heavy atom. The zero-order chi connectivity index (χ0) is 26.6. The molecule has 10 nitrogen and oxygen atoms in total. The molecular weight excluding hydrogens is 474 g/mol. The first-order chi connectivity index (χ1) is 17.8. The van der Waals surface area contributed by atoms with Crippen LogP contribution in [0.2, 0.25) is 0 Å². The first kappa shape index (κ1) is 26.2. The van der Waals surface area contributed by atoms with Crippen molar-refractivity contribution < 1.29 is 24.9 Å². The largest absolute Gasteiger partial charge is 0.396 e. The van der Waals surface area contributed by atoms with E-state index in [1.165, 1.54) is 11.8 Å². The molecule has 194 valence electrons. The van der Waals surface area contributed by atoms with E-state index in [0.29, 0.717) is 47.7 Å². The van der Waals surface area contributed by atoms with Gasteiger partial charge in [-0.25, -0.2) is 0 Å². The molecule has 1 aromatic heterocycles. The number of aliphatic hydroxyl groups is 3. The van der Waals surface area contributed by atoms with E-state index in [1.807, 2.05) is 24.3 Å². The second kappa shape index (κ2) is 11.0. The average Bonchev–Trinajstić information content (AvgIpc) is 3.43. The number of benzene rings is 2. The van der Waals surface area contributed by atoms with Gasteiger partial charge in [0.1, 0.15) is 6.10 Å². The minimum Gasteiger partial charge on any atom is -0.396 e. The number of hydrogen-bond acceptors (Lipinski definition) is 7. The van der Waals surface area contributed by atoms with Crippen molar-refractivity contribution in [1.29, 1.82) is 0 Å². The lowest BCUT2D eigenvalue weighted by molar-refractivity contribution is -0.138. The van der Waals surface area contributed by atoms with Crippen LogP contribution in [0.15, 0.2) is 66.9 Å². The molecule has 0 fully saturated rings. The van der Waals surface area contributed by atoms with E-state index in [9.17, 15) is 19.8 Å². The molecule has 3 atom stereocenters. The fraction of sp³-hybridized carbons (Fsp3) is 0.333. The van der Waals surface area contributed by atoms with Gasteiger partial charge in [-0.1, -0.05) is 42.5 Å². The van der Waals surface area contributed by atoms with Gasteiger partial charge in [0.25, 0.3) is 11.8 Å². The van der Waals surface area contributed by atoms with Crippen molar-refractivity contribution in [2.75, 3.05) is 16.8 Å². The SMILES string of the molecule is C[C@H](O)C(=O)Nc1ccc2c(c1)[C@](O)([C@@H](C)/C=C/CCn1cc(CCO)nn1)C(=O)N2c1ccccc1. The maximum atomic E-state index is 13.8. The van der Waals surface area contributed by atoms with E-state index in [4.69, 9.17) is 5.11 Å². The monoisotopic (exact) mass is 505 g/mol. The van der Waals surface area contributed by atoms with Crippen molar-refractivity contribution in [1.82, 2.24) is 15.0 Å². The van der Waals surface area contributed by atoms with Gasteiger partial charge >= 0.3 is 0 Å². The highest BCUT2D eigenvalue weighted by molar-refractivity contribution is 6.12. The molecule has 37 heavy (non-hydrogen) atoms. The van der Waals surface area contributed by atoms with Gasteiger partial charge in [0.15, 0.2) is 5.60 Å². The highest BCUT2D eigenvalue weighted by Crippen LogP contribution is 2.49. The number of rotatable bonds is 10. The summed E-state index contributed by atoms with van der Waals surface area (Å²) in [5.74, 6) is -1.68. The van der Waals surface area contributed by atoms with Gasteiger partial charge in [-0.15, -0.1) is 5.10 Å². The Morgan fingerprint density at radius 1 is 1.19 bits per heavy atom. The number of nitrogens with zero attached hydrogens (tertiary/aromatic N) is 4. The number of para-hydroxylation sites is 1. The van der Waals surface area contributed by atoms with Crippen LogP contribution in [-0.2, 0) is 28.2 Å². The third kappa shape index (κ3) is 5.31. The second-order valence-electron chi connectivity index (χ2n) is 9.09. The Bertz CT molecular complexity index is 1290. The standard InChI is InChI=1S/C27H31N5O5/c1-18(8-6-7-14-31-17-21(13-15-33)29-30-31)27(37)23-16-20(28-25(35)19(2)34)11-12-24(23)32(26(27)36)22-9-4-3-5-10-22/h3-6,8-12,16-19,33-34,37H,7,13-15H2,1-2H3,(H,28,35)/b8-6+/t18-,19-,27+/m0/s1. The Hall–Kier alpha value is -3.86. The minimum atomic E-state index is -1.88. The van der Waals surface area contributed by atoms with Crippen LogP contribution in [0.1, 0.15) is 31.5 Å². The fourth-order valence-electron chi connectivity index (χ4n) is 4.35. The summed E-state index contributed by atoms with van der Waals surface area (Å²) in [4.78, 5) is 27.3. The number of aliphatic hydroxyl groups excluding tert-OH is 2. The molecule has 1 aliphatic heterocycles. The van der Waals surface area contributed by atoms with Crippen LogP contribution in [0.4, 0.5) is 17.1 Å². The van der Waals surface area contributed by atoms with Crippen LogP contribution in [0, 0.1) is 5.92 Å². The van der Waals surface area contributed by atoms with Gasteiger partial charge in [-0.2, -0.15) is 0 Å². The van der Waals surface area contributed by atoms with E-state index in [-0.39, 0.29) is 6.61 Å². The number of aromatic nitrogens is 3. The van der Waals surface area contributed by atoms with E-state index in [1.54, 1.807) is 54.2 Å². The number of anilines is 3. The minimum absolute atomic E-state index is 0.00855. The van der Waals surface area contributed by atoms with Gasteiger partial charge in [-0.3, -0.25) is 19.2 Å². The zero-order valence-corrected chi connectivity index (χ0v) is 20.8. The number of aryl methyl sites for hydroxylation is 1. The van der Waals surface area contributed by atoms with Crippen molar-refractivity contribution in [2.45, 2.75) is 44.9 Å². The third-order valence-corrected chi connectivity index (χ3v) is 6.40. The summed E-state index contributed by atoms with van der Waals surface area (Å²) >= 11 is 0. The first-order valence-electron chi connectivity index (χ1n) is 12.2. The molecule has 1 aliphatic rings. The lowest BCUT2D eigenvalue weighted by Crippen LogP contribution is -2.42. The first-order valence-corrected chi connectivity index (χ1v) is 12.2. The van der Waals surface area contributed by atoms with E-state index in [2.05, 4.69) is 15.6 Å². The maximum Gasteiger partial charge on any atom is 0.268 e. The number of allylic oxidation sites excluding steroid dienone is 1. The Balaban J connectivity index is 1.61. The molecule has 0 unspecified atom stereocenters. The van der Waals surface area contributed by atoms with Crippen molar-refractivity contribution in [3.8, 4) is 0 Å². The molecule has 3 aromatic rings. The second-order valence-corrected chi connectivity index (χ2v) is 9.09. The van der Waals surface area contributed by atoms with Gasteiger partial charge in [0.2, 0.25) is 0 Å². The Kier molecular flexibility index (Phi) is 7.82. The molecule has 2 aromatic carbocycles. The molecule has 0 bridgehead atoms. The van der Waals surface area contributed by atoms with Gasteiger partial charge in [-0.05, 0) is 43.7 Å². The number of hydrogen-bond donors (Lipinski definition) is 4. The van der Waals surface area contributed by atoms with Gasteiger partial charge in [0, 0.05) is 48.6 Å². The van der Waals surface area contributed by atoms with Crippen LogP contribution < -0.4 is 10.2 Å². The highest BCUT2D eigenvalue weighted by Gasteiger charge is 2.53. The molecule has 0 saturated heterocycles. The number of carbonyl (C=O) groups excluding carboxylic acids is 2. The smallest absolute Gasteiger partial charge is 0.268 e. The fourth-order valence-corrected chi connectivity index (χ4v) is 4.35. The van der Waals surface area contributed by atoms with Crippen LogP contribution >= 0.6 is 0 Å². The molecule has 4 N–H and O–H groups in total. The maximum absolute atomic E-state index is 13.8. The molecule has 4 rings (SSSR count). The molecule has 0 spiro atoms. The Labute approximate surface area is 214 Å². The normalized spacial score (nSPS) is 18.7. The van der Waals surface area contributed by atoms with Crippen molar-refractivity contribution >= 4 is 28.9 Å². The van der Waals surface area contributed by atoms with Crippen LogP contribution in [0.5, 0.6) is 0 Å². The van der Waals surface area contributed by atoms with E-state index < -0.39 is 29.4 Å². The van der Waals surface area contributed by atoms with Crippen LogP contribution in [0.3, 0.4) is 0 Å². The highest BCUT2D eigenvalue weighted by atomic mass is 16.3. The molecule has 0 radical (unpaired) electrons. The predicted molar refractivity (Wildman–Crippen MR) is 138 cm³/mol. The Morgan fingerprint density at radius 2 is 1.95 bits per heavy atom. The summed E-state index contributed by atoms with van der Waals surface area (Å²) in [6.45, 7) is 3.69. The zero-order valence-electron chi connectivity index (χ0n) is 20.8. The van der Waals surface area contributed by atoms with Crippen molar-refractivity contribution in [2.24, 2.45) is 5.92 Å². The molecule has 10 heteroatoms. The van der Waals surface area contributed by atoms with Crippen molar-refractivity contribution in [3.05, 3.63) is 78.1 Å². The molecule has 2 amide bonds. The quantitative estimate of drug-likeness (QED) is 0.310. The predicted octanol–water partition coefficient (Wildman–Crippen LogP) is 2.28. The number of amides is 2. The summed E-state index contributed by atoms with van der Waals surface area (Å²) in [6, 6.07) is 14.0. The lowest BCUT2D eigenvalue weighted by atomic mass is 9.82. The number of nitrogens with one attached hydrogen (secondary N) is 1. The summed E-state index contributed by atoms with van der Waals surface area (Å²) in [5.41, 5.74) is 0.703. The summed E-state index contributed by atoms with van der Waals surface area (Å²) < 4.78 is 1.68. The number of carbonyl (C=O) groups is 2. The summed E-state index contributed by atoms with van der Waals surface area (Å²) in [7, 11) is 0. The van der Waals surface area contributed by atoms with Gasteiger partial charge in [0.05, 0.1) is 11.4 Å². The van der Waals surface area contributed by atoms with E-state index in [0.717, 1.165) is 0 Å². The van der Waals surface area contributed by atoms with Crippen LogP contribution in [-0.4, -0.2) is 54.8 Å². The topological polar surface area (TPSA) is 141 Å². The summed E-state index contributed by atoms with van der Waals surface area (Å²) in [5, 5.41) is 41.2. The number of fused-ring (bicyclic) bond motifs is 1. The average molecular weight is 506 g/mol. The molecule has 2 heterocycles. The van der Waals surface area contributed by atoms with Crippen LogP contribution in [0.25, 0.3) is 0 Å². The molecule has 0 saturated carbocycles. The lowest BCUT2D eigenvalue weighted by Gasteiger charge is -2.28. The molecule has 0 aliphatic carbocycles. The molecular formula is C27H31N5O5.